The third kappa shape index (κ3) is 5.67. The van der Waals surface area contributed by atoms with Crippen molar-refractivity contribution in [3.63, 3.8) is 0 Å². The summed E-state index contributed by atoms with van der Waals surface area (Å²) < 4.78 is 30.8. The van der Waals surface area contributed by atoms with Gasteiger partial charge in [-0.05, 0) is 57.9 Å². The molecule has 0 atom stereocenters. The molecule has 0 aliphatic rings. The number of carbonyl (C=O) groups excluding carboxylic acids is 1. The zero-order chi connectivity index (χ0) is 19.2. The molecule has 1 aromatic carbocycles. The zero-order valence-corrected chi connectivity index (χ0v) is 16.1. The van der Waals surface area contributed by atoms with E-state index in [0.717, 1.165) is 5.56 Å². The number of unbranched alkanes of at least 4 members (excludes halogenated alkanes) is 1. The van der Waals surface area contributed by atoms with Crippen molar-refractivity contribution < 1.29 is 17.6 Å². The Morgan fingerprint density at radius 3 is 2.42 bits per heavy atom. The van der Waals surface area contributed by atoms with E-state index in [-0.39, 0.29) is 5.91 Å². The Hall–Kier alpha value is -2.19. The van der Waals surface area contributed by atoms with E-state index in [4.69, 9.17) is 4.42 Å². The van der Waals surface area contributed by atoms with E-state index < -0.39 is 14.8 Å². The van der Waals surface area contributed by atoms with Crippen LogP contribution in [-0.2, 0) is 14.8 Å². The van der Waals surface area contributed by atoms with Crippen LogP contribution in [0.3, 0.4) is 0 Å². The second kappa shape index (κ2) is 8.46. The van der Waals surface area contributed by atoms with Crippen LogP contribution in [0.2, 0.25) is 0 Å². The number of hydrogen-bond acceptors (Lipinski definition) is 5. The standard InChI is InChI=1S/C18H25N3O4S/c1-18(2,3)26(23,24)20-11-5-4-6-16(22)21-15-9-7-14(8-10-15)17-19-12-13-25-17/h7-10,12-13,20H,4-6,11H2,1-3H3,(H,21,22). The lowest BCUT2D eigenvalue weighted by molar-refractivity contribution is -0.116. The molecule has 2 N–H and O–H groups in total. The average Bonchev–Trinajstić information content (AvgIpc) is 3.08. The summed E-state index contributed by atoms with van der Waals surface area (Å²) in [5.74, 6) is 0.424. The van der Waals surface area contributed by atoms with Crippen LogP contribution in [0.15, 0.2) is 41.1 Å². The molecule has 0 saturated heterocycles. The van der Waals surface area contributed by atoms with Crippen LogP contribution in [-0.4, -0.2) is 30.6 Å². The van der Waals surface area contributed by atoms with Gasteiger partial charge in [0.05, 0.1) is 10.9 Å². The summed E-state index contributed by atoms with van der Waals surface area (Å²) in [6.07, 6.45) is 4.62. The molecule has 1 amide bonds. The van der Waals surface area contributed by atoms with Gasteiger partial charge >= 0.3 is 0 Å². The fourth-order valence-corrected chi connectivity index (χ4v) is 2.97. The molecule has 0 radical (unpaired) electrons. The van der Waals surface area contributed by atoms with Crippen LogP contribution in [0.4, 0.5) is 5.69 Å². The van der Waals surface area contributed by atoms with Gasteiger partial charge in [0.2, 0.25) is 21.8 Å². The fourth-order valence-electron chi connectivity index (χ4n) is 2.12. The Morgan fingerprint density at radius 1 is 1.15 bits per heavy atom. The Labute approximate surface area is 154 Å². The van der Waals surface area contributed by atoms with Gasteiger partial charge in [0, 0.05) is 24.2 Å². The van der Waals surface area contributed by atoms with Gasteiger partial charge in [0.15, 0.2) is 0 Å². The van der Waals surface area contributed by atoms with E-state index in [9.17, 15) is 13.2 Å². The lowest BCUT2D eigenvalue weighted by atomic mass is 10.2. The van der Waals surface area contributed by atoms with Crippen LogP contribution >= 0.6 is 0 Å². The topological polar surface area (TPSA) is 101 Å². The highest BCUT2D eigenvalue weighted by Gasteiger charge is 2.27. The number of amides is 1. The minimum Gasteiger partial charge on any atom is -0.445 e. The average molecular weight is 379 g/mol. The third-order valence-electron chi connectivity index (χ3n) is 3.78. The van der Waals surface area contributed by atoms with Crippen LogP contribution in [0.25, 0.3) is 11.5 Å². The number of nitrogens with one attached hydrogen (secondary N) is 2. The van der Waals surface area contributed by atoms with Crippen molar-refractivity contribution in [3.8, 4) is 11.5 Å². The number of rotatable bonds is 8. The van der Waals surface area contributed by atoms with Gasteiger partial charge in [0.25, 0.3) is 0 Å². The Morgan fingerprint density at radius 2 is 1.85 bits per heavy atom. The summed E-state index contributed by atoms with van der Waals surface area (Å²) in [5, 5.41) is 2.82. The number of oxazole rings is 1. The number of carbonyl (C=O) groups is 1. The van der Waals surface area contributed by atoms with Crippen molar-refractivity contribution in [1.29, 1.82) is 0 Å². The molecule has 0 saturated carbocycles. The van der Waals surface area contributed by atoms with E-state index >= 15 is 0 Å². The van der Waals surface area contributed by atoms with E-state index in [2.05, 4.69) is 15.0 Å². The Kier molecular flexibility index (Phi) is 6.55. The molecule has 0 aliphatic heterocycles. The molecule has 0 unspecified atom stereocenters. The van der Waals surface area contributed by atoms with E-state index in [1.165, 1.54) is 6.26 Å². The minimum atomic E-state index is -3.33. The summed E-state index contributed by atoms with van der Waals surface area (Å²) in [6, 6.07) is 7.22. The molecule has 2 aromatic rings. The second-order valence-corrected chi connectivity index (χ2v) is 9.45. The van der Waals surface area contributed by atoms with Gasteiger partial charge in [-0.2, -0.15) is 0 Å². The molecule has 0 aliphatic carbocycles. The highest BCUT2D eigenvalue weighted by atomic mass is 32.2. The highest BCUT2D eigenvalue weighted by Crippen LogP contribution is 2.19. The van der Waals surface area contributed by atoms with Gasteiger partial charge in [-0.25, -0.2) is 18.1 Å². The number of sulfonamides is 1. The smallest absolute Gasteiger partial charge is 0.225 e. The molecular formula is C18H25N3O4S. The van der Waals surface area contributed by atoms with E-state index in [1.54, 1.807) is 39.1 Å². The fraction of sp³-hybridized carbons (Fsp3) is 0.444. The van der Waals surface area contributed by atoms with Crippen LogP contribution in [0.5, 0.6) is 0 Å². The highest BCUT2D eigenvalue weighted by molar-refractivity contribution is 7.90. The molecule has 8 heteroatoms. The summed E-state index contributed by atoms with van der Waals surface area (Å²) in [5.41, 5.74) is 1.53. The summed E-state index contributed by atoms with van der Waals surface area (Å²) in [4.78, 5) is 16.0. The van der Waals surface area contributed by atoms with Crippen molar-refractivity contribution in [3.05, 3.63) is 36.7 Å². The number of nitrogens with zero attached hydrogens (tertiary/aromatic N) is 1. The molecule has 26 heavy (non-hydrogen) atoms. The summed E-state index contributed by atoms with van der Waals surface area (Å²) in [7, 11) is -3.33. The summed E-state index contributed by atoms with van der Waals surface area (Å²) >= 11 is 0. The van der Waals surface area contributed by atoms with Crippen molar-refractivity contribution in [2.24, 2.45) is 0 Å². The van der Waals surface area contributed by atoms with Crippen molar-refractivity contribution in [2.45, 2.75) is 44.8 Å². The lowest BCUT2D eigenvalue weighted by Gasteiger charge is -2.19. The Balaban J connectivity index is 1.71. The minimum absolute atomic E-state index is 0.104. The van der Waals surface area contributed by atoms with Gasteiger partial charge in [-0.1, -0.05) is 0 Å². The van der Waals surface area contributed by atoms with Crippen molar-refractivity contribution in [1.82, 2.24) is 9.71 Å². The van der Waals surface area contributed by atoms with E-state index in [0.29, 0.717) is 37.4 Å². The molecule has 0 bridgehead atoms. The molecule has 1 heterocycles. The molecule has 0 spiro atoms. The van der Waals surface area contributed by atoms with Gasteiger partial charge in [-0.3, -0.25) is 4.79 Å². The molecule has 0 fully saturated rings. The van der Waals surface area contributed by atoms with Gasteiger partial charge in [0.1, 0.15) is 6.26 Å². The van der Waals surface area contributed by atoms with Gasteiger partial charge < -0.3 is 9.73 Å². The maximum Gasteiger partial charge on any atom is 0.225 e. The predicted molar refractivity (Wildman–Crippen MR) is 101 cm³/mol. The molecule has 2 rings (SSSR count). The molecular weight excluding hydrogens is 354 g/mol. The summed E-state index contributed by atoms with van der Waals surface area (Å²) in [6.45, 7) is 5.28. The maximum atomic E-state index is 12.0. The largest absolute Gasteiger partial charge is 0.445 e. The van der Waals surface area contributed by atoms with Crippen molar-refractivity contribution >= 4 is 21.6 Å². The first-order valence-electron chi connectivity index (χ1n) is 8.48. The first-order valence-corrected chi connectivity index (χ1v) is 9.96. The van der Waals surface area contributed by atoms with Crippen LogP contribution < -0.4 is 10.0 Å². The number of aromatic nitrogens is 1. The zero-order valence-electron chi connectivity index (χ0n) is 15.3. The number of anilines is 1. The van der Waals surface area contributed by atoms with Gasteiger partial charge in [-0.15, -0.1) is 0 Å². The number of hydrogen-bond donors (Lipinski definition) is 2. The third-order valence-corrected chi connectivity index (χ3v) is 5.97. The molecule has 7 nitrogen and oxygen atoms in total. The van der Waals surface area contributed by atoms with E-state index in [1.807, 2.05) is 12.1 Å². The Bertz CT molecular complexity index is 807. The first kappa shape index (κ1) is 20.1. The SMILES string of the molecule is CC(C)(C)S(=O)(=O)NCCCCC(=O)Nc1ccc(-c2ncco2)cc1. The monoisotopic (exact) mass is 379 g/mol. The normalized spacial score (nSPS) is 12.1. The van der Waals surface area contributed by atoms with Crippen molar-refractivity contribution in [2.75, 3.05) is 11.9 Å². The maximum absolute atomic E-state index is 12.0. The van der Waals surface area contributed by atoms with Crippen LogP contribution in [0, 0.1) is 0 Å². The number of benzene rings is 1. The predicted octanol–water partition coefficient (Wildman–Crippen LogP) is 3.17. The first-order chi connectivity index (χ1) is 12.2. The van der Waals surface area contributed by atoms with Crippen LogP contribution in [0.1, 0.15) is 40.0 Å². The molecule has 1 aromatic heterocycles. The quantitative estimate of drug-likeness (QED) is 0.686. The molecule has 142 valence electrons. The lowest BCUT2D eigenvalue weighted by Crippen LogP contribution is -2.39. The second-order valence-electron chi connectivity index (χ2n) is 6.93.